The third kappa shape index (κ3) is 3.87. The van der Waals surface area contributed by atoms with Crippen molar-refractivity contribution in [3.8, 4) is 0 Å². The fraction of sp³-hybridized carbons (Fsp3) is 0.909. The van der Waals surface area contributed by atoms with Crippen molar-refractivity contribution in [1.82, 2.24) is 10.2 Å². The monoisotopic (exact) mass is 262 g/mol. The van der Waals surface area contributed by atoms with Gasteiger partial charge in [-0.2, -0.15) is 0 Å². The van der Waals surface area contributed by atoms with Gasteiger partial charge in [-0.15, -0.1) is 0 Å². The molecule has 0 aromatic rings. The molecule has 0 saturated carbocycles. The van der Waals surface area contributed by atoms with Gasteiger partial charge in [-0.05, 0) is 19.3 Å². The second kappa shape index (κ2) is 5.71. The van der Waals surface area contributed by atoms with Crippen LogP contribution in [0.15, 0.2) is 0 Å². The van der Waals surface area contributed by atoms with E-state index in [4.69, 9.17) is 0 Å². The first-order chi connectivity index (χ1) is 7.89. The first-order valence-corrected chi connectivity index (χ1v) is 7.95. The number of carbonyl (C=O) groups is 1. The van der Waals surface area contributed by atoms with Gasteiger partial charge in [0, 0.05) is 19.1 Å². The molecule has 1 heterocycles. The predicted molar refractivity (Wildman–Crippen MR) is 67.7 cm³/mol. The lowest BCUT2D eigenvalue weighted by Crippen LogP contribution is -2.47. The van der Waals surface area contributed by atoms with Crippen molar-refractivity contribution in [2.45, 2.75) is 45.2 Å². The molecule has 1 aliphatic rings. The molecule has 6 heteroatoms. The Bertz CT molecular complexity index is 363. The molecule has 5 nitrogen and oxygen atoms in total. The number of nitrogens with one attached hydrogen (secondary N) is 1. The lowest BCUT2D eigenvalue weighted by molar-refractivity contribution is 0.190. The highest BCUT2D eigenvalue weighted by Crippen LogP contribution is 2.16. The summed E-state index contributed by atoms with van der Waals surface area (Å²) in [5.74, 6) is 0.292. The molecule has 0 aliphatic carbocycles. The summed E-state index contributed by atoms with van der Waals surface area (Å²) in [6, 6.07) is -0.168. The van der Waals surface area contributed by atoms with E-state index in [0.29, 0.717) is 6.42 Å². The number of hydrogen-bond donors (Lipinski definition) is 1. The van der Waals surface area contributed by atoms with Gasteiger partial charge in [-0.3, -0.25) is 0 Å². The van der Waals surface area contributed by atoms with Crippen molar-refractivity contribution in [2.75, 3.05) is 18.6 Å². The second-order valence-corrected chi connectivity index (χ2v) is 6.86. The molecule has 1 rings (SSSR count). The van der Waals surface area contributed by atoms with E-state index >= 15 is 0 Å². The summed E-state index contributed by atoms with van der Waals surface area (Å²) in [7, 11) is -1.27. The van der Waals surface area contributed by atoms with E-state index in [1.54, 1.807) is 7.05 Å². The van der Waals surface area contributed by atoms with E-state index in [-0.39, 0.29) is 29.6 Å². The van der Waals surface area contributed by atoms with Gasteiger partial charge in [0.25, 0.3) is 0 Å². The zero-order valence-electron chi connectivity index (χ0n) is 10.8. The van der Waals surface area contributed by atoms with Gasteiger partial charge in [0.05, 0.1) is 11.5 Å². The van der Waals surface area contributed by atoms with Crippen LogP contribution < -0.4 is 5.32 Å². The zero-order chi connectivity index (χ0) is 13.1. The Kier molecular flexibility index (Phi) is 4.80. The van der Waals surface area contributed by atoms with Gasteiger partial charge in [-0.25, -0.2) is 13.2 Å². The third-order valence-corrected chi connectivity index (χ3v) is 5.14. The molecule has 1 saturated heterocycles. The largest absolute Gasteiger partial charge is 0.335 e. The summed E-state index contributed by atoms with van der Waals surface area (Å²) < 4.78 is 22.7. The minimum absolute atomic E-state index is 0.0971. The highest BCUT2D eigenvalue weighted by molar-refractivity contribution is 7.91. The standard InChI is InChI=1S/C11H22N2O3S/c1-4-9(5-2)12-11(14)13(3)10-6-7-17(15,16)8-10/h9-10H,4-8H2,1-3H3,(H,12,14). The van der Waals surface area contributed by atoms with Crippen molar-refractivity contribution in [1.29, 1.82) is 0 Å². The van der Waals surface area contributed by atoms with Crippen LogP contribution >= 0.6 is 0 Å². The number of sulfone groups is 1. The molecule has 1 fully saturated rings. The molecule has 0 bridgehead atoms. The van der Waals surface area contributed by atoms with E-state index in [2.05, 4.69) is 5.32 Å². The van der Waals surface area contributed by atoms with E-state index in [9.17, 15) is 13.2 Å². The minimum atomic E-state index is -2.94. The van der Waals surface area contributed by atoms with Crippen molar-refractivity contribution >= 4 is 15.9 Å². The number of nitrogens with zero attached hydrogens (tertiary/aromatic N) is 1. The predicted octanol–water partition coefficient (Wildman–Crippen LogP) is 1.00. The molecule has 1 atom stereocenters. The Labute approximate surface area is 103 Å². The first-order valence-electron chi connectivity index (χ1n) is 6.13. The van der Waals surface area contributed by atoms with Gasteiger partial charge in [-0.1, -0.05) is 13.8 Å². The molecule has 100 valence electrons. The van der Waals surface area contributed by atoms with Crippen LogP contribution in [0.1, 0.15) is 33.1 Å². The van der Waals surface area contributed by atoms with E-state index in [0.717, 1.165) is 12.8 Å². The Morgan fingerprint density at radius 2 is 2.00 bits per heavy atom. The first kappa shape index (κ1) is 14.3. The topological polar surface area (TPSA) is 66.5 Å². The van der Waals surface area contributed by atoms with Gasteiger partial charge < -0.3 is 10.2 Å². The summed E-state index contributed by atoms with van der Waals surface area (Å²) in [6.45, 7) is 4.04. The molecule has 1 N–H and O–H groups in total. The number of hydrogen-bond acceptors (Lipinski definition) is 3. The van der Waals surface area contributed by atoms with Crippen LogP contribution in [0.3, 0.4) is 0 Å². The average molecular weight is 262 g/mol. The molecular formula is C11H22N2O3S. The lowest BCUT2D eigenvalue weighted by atomic mass is 10.2. The molecule has 2 amide bonds. The number of carbonyl (C=O) groups excluding carboxylic acids is 1. The van der Waals surface area contributed by atoms with Gasteiger partial charge in [0.2, 0.25) is 0 Å². The van der Waals surface area contributed by atoms with E-state index in [1.807, 2.05) is 13.8 Å². The maximum absolute atomic E-state index is 11.9. The summed E-state index contributed by atoms with van der Waals surface area (Å²) in [4.78, 5) is 13.4. The van der Waals surface area contributed by atoms with Crippen molar-refractivity contribution in [2.24, 2.45) is 0 Å². The van der Waals surface area contributed by atoms with Crippen LogP contribution in [-0.4, -0.2) is 50.0 Å². The average Bonchev–Trinajstić information content (AvgIpc) is 2.65. The van der Waals surface area contributed by atoms with Crippen LogP contribution in [0.2, 0.25) is 0 Å². The fourth-order valence-corrected chi connectivity index (χ4v) is 3.79. The van der Waals surface area contributed by atoms with Crippen LogP contribution in [0.4, 0.5) is 4.79 Å². The zero-order valence-corrected chi connectivity index (χ0v) is 11.6. The molecule has 0 aromatic carbocycles. The molecule has 0 radical (unpaired) electrons. The fourth-order valence-electron chi connectivity index (χ4n) is 2.02. The third-order valence-electron chi connectivity index (χ3n) is 3.39. The Hall–Kier alpha value is -0.780. The number of amides is 2. The SMILES string of the molecule is CCC(CC)NC(=O)N(C)C1CCS(=O)(=O)C1. The van der Waals surface area contributed by atoms with Crippen molar-refractivity contribution in [3.63, 3.8) is 0 Å². The van der Waals surface area contributed by atoms with E-state index in [1.165, 1.54) is 4.90 Å². The smallest absolute Gasteiger partial charge is 0.317 e. The maximum atomic E-state index is 11.9. The Morgan fingerprint density at radius 1 is 1.41 bits per heavy atom. The molecule has 0 spiro atoms. The van der Waals surface area contributed by atoms with E-state index < -0.39 is 9.84 Å². The second-order valence-electron chi connectivity index (χ2n) is 4.63. The number of urea groups is 1. The van der Waals surface area contributed by atoms with Crippen molar-refractivity contribution in [3.05, 3.63) is 0 Å². The number of rotatable bonds is 4. The van der Waals surface area contributed by atoms with Crippen molar-refractivity contribution < 1.29 is 13.2 Å². The van der Waals surface area contributed by atoms with Crippen LogP contribution in [-0.2, 0) is 9.84 Å². The summed E-state index contributed by atoms with van der Waals surface area (Å²) in [5, 5.41) is 2.91. The quantitative estimate of drug-likeness (QED) is 0.822. The van der Waals surface area contributed by atoms with Crippen LogP contribution in [0, 0.1) is 0 Å². The summed E-state index contributed by atoms with van der Waals surface area (Å²) in [5.41, 5.74) is 0. The normalized spacial score (nSPS) is 22.7. The maximum Gasteiger partial charge on any atom is 0.317 e. The molecule has 1 unspecified atom stereocenters. The van der Waals surface area contributed by atoms with Gasteiger partial charge >= 0.3 is 6.03 Å². The Balaban J connectivity index is 2.53. The highest BCUT2D eigenvalue weighted by Gasteiger charge is 2.32. The van der Waals surface area contributed by atoms with Gasteiger partial charge in [0.15, 0.2) is 9.84 Å². The van der Waals surface area contributed by atoms with Gasteiger partial charge in [0.1, 0.15) is 0 Å². The molecule has 1 aliphatic heterocycles. The highest BCUT2D eigenvalue weighted by atomic mass is 32.2. The summed E-state index contributed by atoms with van der Waals surface area (Å²) >= 11 is 0. The molecule has 0 aromatic heterocycles. The summed E-state index contributed by atoms with van der Waals surface area (Å²) in [6.07, 6.45) is 2.33. The van der Waals surface area contributed by atoms with Crippen LogP contribution in [0.5, 0.6) is 0 Å². The molecule has 17 heavy (non-hydrogen) atoms. The Morgan fingerprint density at radius 3 is 2.41 bits per heavy atom. The van der Waals surface area contributed by atoms with Crippen LogP contribution in [0.25, 0.3) is 0 Å². The minimum Gasteiger partial charge on any atom is -0.335 e. The lowest BCUT2D eigenvalue weighted by Gasteiger charge is -2.26. The molecular weight excluding hydrogens is 240 g/mol.